The summed E-state index contributed by atoms with van der Waals surface area (Å²) in [5, 5.41) is 11.5. The van der Waals surface area contributed by atoms with Crippen LogP contribution in [0.15, 0.2) is 35.1 Å². The summed E-state index contributed by atoms with van der Waals surface area (Å²) >= 11 is 0. The third-order valence-corrected chi connectivity index (χ3v) is 5.04. The predicted octanol–water partition coefficient (Wildman–Crippen LogP) is 1.05. The highest BCUT2D eigenvalue weighted by Crippen LogP contribution is 2.27. The fourth-order valence-corrected chi connectivity index (χ4v) is 3.50. The van der Waals surface area contributed by atoms with Crippen LogP contribution in [0.2, 0.25) is 0 Å². The van der Waals surface area contributed by atoms with Crippen molar-refractivity contribution in [1.29, 1.82) is 0 Å². The summed E-state index contributed by atoms with van der Waals surface area (Å²) in [5.41, 5.74) is 0.944. The highest BCUT2D eigenvalue weighted by molar-refractivity contribution is 5.45. The molecular weight excluding hydrogens is 332 g/mol. The molecule has 1 aliphatic heterocycles. The van der Waals surface area contributed by atoms with Gasteiger partial charge >= 0.3 is 5.69 Å². The van der Waals surface area contributed by atoms with Gasteiger partial charge in [0.15, 0.2) is 0 Å². The van der Waals surface area contributed by atoms with Gasteiger partial charge < -0.3 is 15.0 Å². The van der Waals surface area contributed by atoms with Crippen molar-refractivity contribution in [3.05, 3.63) is 40.8 Å². The van der Waals surface area contributed by atoms with E-state index in [0.29, 0.717) is 19.7 Å². The molecule has 0 saturated carbocycles. The van der Waals surface area contributed by atoms with Gasteiger partial charge in [-0.2, -0.15) is 9.36 Å². The number of tetrazole rings is 1. The molecule has 1 aromatic carbocycles. The van der Waals surface area contributed by atoms with Crippen molar-refractivity contribution in [3.8, 4) is 0 Å². The molecule has 0 atom stereocenters. The fraction of sp³-hybridized carbons (Fsp3) is 0.611. The number of aromatic nitrogens is 4. The second-order valence-electron chi connectivity index (χ2n) is 6.85. The Morgan fingerprint density at radius 2 is 1.81 bits per heavy atom. The fourth-order valence-electron chi connectivity index (χ4n) is 3.50. The summed E-state index contributed by atoms with van der Waals surface area (Å²) in [6.07, 6.45) is 1.98. The molecule has 1 N–H and O–H groups in total. The number of piperidine rings is 1. The average molecular weight is 360 g/mol. The summed E-state index contributed by atoms with van der Waals surface area (Å²) in [4.78, 5) is 14.4. The number of aryl methyl sites for hydroxylation is 1. The second kappa shape index (κ2) is 8.46. The van der Waals surface area contributed by atoms with Crippen molar-refractivity contribution in [2.45, 2.75) is 38.4 Å². The molecule has 2 aromatic rings. The minimum atomic E-state index is -0.135. The van der Waals surface area contributed by atoms with Crippen LogP contribution in [0, 0.1) is 0 Å². The largest absolute Gasteiger partial charge is 0.382 e. The Hall–Kier alpha value is -2.19. The highest BCUT2D eigenvalue weighted by Gasteiger charge is 2.34. The van der Waals surface area contributed by atoms with Crippen LogP contribution in [0.5, 0.6) is 0 Å². The van der Waals surface area contributed by atoms with Crippen molar-refractivity contribution in [2.75, 3.05) is 38.7 Å². The molecule has 1 aromatic heterocycles. The van der Waals surface area contributed by atoms with Crippen LogP contribution in [-0.4, -0.2) is 63.6 Å². The quantitative estimate of drug-likeness (QED) is 0.758. The maximum Gasteiger partial charge on any atom is 0.363 e. The molecule has 1 fully saturated rings. The molecule has 3 rings (SSSR count). The molecule has 0 aliphatic carbocycles. The minimum absolute atomic E-state index is 0.0468. The molecule has 1 aliphatic rings. The van der Waals surface area contributed by atoms with Gasteiger partial charge in [-0.15, -0.1) is 0 Å². The van der Waals surface area contributed by atoms with Gasteiger partial charge in [-0.05, 0) is 42.3 Å². The van der Waals surface area contributed by atoms with Crippen LogP contribution >= 0.6 is 0 Å². The van der Waals surface area contributed by atoms with E-state index >= 15 is 0 Å². The van der Waals surface area contributed by atoms with Crippen molar-refractivity contribution in [2.24, 2.45) is 0 Å². The lowest BCUT2D eigenvalue weighted by atomic mass is 9.87. The van der Waals surface area contributed by atoms with Crippen LogP contribution in [0.3, 0.4) is 0 Å². The number of para-hydroxylation sites is 1. The second-order valence-corrected chi connectivity index (χ2v) is 6.85. The van der Waals surface area contributed by atoms with E-state index in [9.17, 15) is 4.79 Å². The molecule has 2 heterocycles. The van der Waals surface area contributed by atoms with Gasteiger partial charge in [0.25, 0.3) is 0 Å². The molecule has 8 nitrogen and oxygen atoms in total. The van der Waals surface area contributed by atoms with Gasteiger partial charge in [0.05, 0.1) is 18.7 Å². The van der Waals surface area contributed by atoms with Gasteiger partial charge in [-0.1, -0.05) is 18.2 Å². The highest BCUT2D eigenvalue weighted by atomic mass is 16.5. The van der Waals surface area contributed by atoms with Gasteiger partial charge in [-0.3, -0.25) is 0 Å². The Morgan fingerprint density at radius 3 is 2.42 bits per heavy atom. The Balaban J connectivity index is 1.55. The third-order valence-electron chi connectivity index (χ3n) is 5.04. The van der Waals surface area contributed by atoms with Crippen molar-refractivity contribution < 1.29 is 4.74 Å². The number of likely N-dealkylation sites (tertiary alicyclic amines) is 1. The van der Waals surface area contributed by atoms with Crippen LogP contribution in [0.1, 0.15) is 19.8 Å². The summed E-state index contributed by atoms with van der Waals surface area (Å²) in [6.45, 7) is 6.41. The first-order valence-electron chi connectivity index (χ1n) is 9.21. The number of hydrogen-bond acceptors (Lipinski definition) is 6. The van der Waals surface area contributed by atoms with Gasteiger partial charge in [-0.25, -0.2) is 4.79 Å². The first-order valence-corrected chi connectivity index (χ1v) is 9.21. The van der Waals surface area contributed by atoms with E-state index in [1.165, 1.54) is 9.36 Å². The van der Waals surface area contributed by atoms with Crippen molar-refractivity contribution >= 4 is 5.69 Å². The van der Waals surface area contributed by atoms with E-state index in [4.69, 9.17) is 4.74 Å². The van der Waals surface area contributed by atoms with Crippen molar-refractivity contribution in [3.63, 3.8) is 0 Å². The lowest BCUT2D eigenvalue weighted by molar-refractivity contribution is 0.0868. The molecule has 1 saturated heterocycles. The molecular formula is C18H28N6O2. The minimum Gasteiger partial charge on any atom is -0.382 e. The van der Waals surface area contributed by atoms with E-state index in [0.717, 1.165) is 38.2 Å². The SMILES string of the molecule is CCn1nnn(CCN2CCC(COC)(Nc3ccccc3)CC2)c1=O. The zero-order chi connectivity index (χ0) is 18.4. The standard InChI is InChI=1S/C18H28N6O2/c1-3-23-17(25)24(21-20-23)14-13-22-11-9-18(10-12-22,15-26-2)19-16-7-5-4-6-8-16/h4-8,19H,3,9-15H2,1-2H3. The average Bonchev–Trinajstić information content (AvgIpc) is 3.02. The monoisotopic (exact) mass is 360 g/mol. The van der Waals surface area contributed by atoms with E-state index < -0.39 is 0 Å². The summed E-state index contributed by atoms with van der Waals surface area (Å²) in [5.74, 6) is 0. The molecule has 0 radical (unpaired) electrons. The molecule has 26 heavy (non-hydrogen) atoms. The molecule has 0 bridgehead atoms. The molecule has 0 spiro atoms. The topological polar surface area (TPSA) is 77.2 Å². The van der Waals surface area contributed by atoms with E-state index in [1.54, 1.807) is 7.11 Å². The number of ether oxygens (including phenoxy) is 1. The number of methoxy groups -OCH3 is 1. The number of rotatable bonds is 8. The van der Waals surface area contributed by atoms with Gasteiger partial charge in [0, 0.05) is 39.0 Å². The molecule has 0 amide bonds. The van der Waals surface area contributed by atoms with Crippen LogP contribution in [0.4, 0.5) is 5.69 Å². The van der Waals surface area contributed by atoms with E-state index in [-0.39, 0.29) is 11.2 Å². The summed E-state index contributed by atoms with van der Waals surface area (Å²) in [7, 11) is 1.75. The smallest absolute Gasteiger partial charge is 0.363 e. The van der Waals surface area contributed by atoms with Crippen molar-refractivity contribution in [1.82, 2.24) is 24.7 Å². The van der Waals surface area contributed by atoms with E-state index in [2.05, 4.69) is 32.8 Å². The normalized spacial score (nSPS) is 17.3. The van der Waals surface area contributed by atoms with E-state index in [1.807, 2.05) is 25.1 Å². The zero-order valence-electron chi connectivity index (χ0n) is 15.6. The maximum absolute atomic E-state index is 12.0. The Labute approximate surface area is 153 Å². The number of benzene rings is 1. The Kier molecular flexibility index (Phi) is 6.05. The number of nitrogens with one attached hydrogen (secondary N) is 1. The van der Waals surface area contributed by atoms with Gasteiger partial charge in [0.1, 0.15) is 0 Å². The van der Waals surface area contributed by atoms with Crippen LogP contribution in [-0.2, 0) is 17.8 Å². The first-order chi connectivity index (χ1) is 12.7. The zero-order valence-corrected chi connectivity index (χ0v) is 15.6. The number of nitrogens with zero attached hydrogens (tertiary/aromatic N) is 5. The number of hydrogen-bond donors (Lipinski definition) is 1. The third kappa shape index (κ3) is 4.31. The summed E-state index contributed by atoms with van der Waals surface area (Å²) < 4.78 is 8.33. The molecule has 8 heteroatoms. The Bertz CT molecular complexity index is 734. The molecule has 142 valence electrons. The number of anilines is 1. The Morgan fingerprint density at radius 1 is 1.12 bits per heavy atom. The lowest BCUT2D eigenvalue weighted by Crippen LogP contribution is -2.52. The lowest BCUT2D eigenvalue weighted by Gasteiger charge is -2.42. The van der Waals surface area contributed by atoms with Crippen LogP contribution < -0.4 is 11.0 Å². The maximum atomic E-state index is 12.0. The van der Waals surface area contributed by atoms with Crippen LogP contribution in [0.25, 0.3) is 0 Å². The van der Waals surface area contributed by atoms with Gasteiger partial charge in [0.2, 0.25) is 0 Å². The molecule has 0 unspecified atom stereocenters. The predicted molar refractivity (Wildman–Crippen MR) is 100 cm³/mol. The first kappa shape index (κ1) is 18.6. The summed E-state index contributed by atoms with van der Waals surface area (Å²) in [6, 6.07) is 10.3.